The molecule has 1 aromatic rings. The average molecular weight is 296 g/mol. The molecule has 0 radical (unpaired) electrons. The summed E-state index contributed by atoms with van der Waals surface area (Å²) in [4.78, 5) is 12.7. The maximum Gasteiger partial charge on any atom is 0.184 e. The Morgan fingerprint density at radius 1 is 1.25 bits per heavy atom. The first-order valence-corrected chi connectivity index (χ1v) is 8.49. The van der Waals surface area contributed by atoms with Gasteiger partial charge in [0, 0.05) is 0 Å². The summed E-state index contributed by atoms with van der Waals surface area (Å²) in [6.07, 6.45) is 1.84. The predicted molar refractivity (Wildman–Crippen MR) is 78.2 cm³/mol. The Kier molecular flexibility index (Phi) is 4.18. The maximum atomic E-state index is 12.7. The zero-order valence-electron chi connectivity index (χ0n) is 12.1. The number of methoxy groups -OCH3 is 1. The highest BCUT2D eigenvalue weighted by Crippen LogP contribution is 2.30. The Balaban J connectivity index is 2.48. The number of carbonyl (C=O) groups is 1. The molecule has 1 heterocycles. The molecule has 1 aliphatic heterocycles. The largest absolute Gasteiger partial charge is 0.496 e. The van der Waals surface area contributed by atoms with E-state index in [4.69, 9.17) is 4.74 Å². The molecule has 1 atom stereocenters. The summed E-state index contributed by atoms with van der Waals surface area (Å²) in [7, 11) is -1.83. The fourth-order valence-corrected chi connectivity index (χ4v) is 4.68. The van der Waals surface area contributed by atoms with Crippen molar-refractivity contribution in [1.29, 1.82) is 0 Å². The molecule has 1 saturated heterocycles. The van der Waals surface area contributed by atoms with Gasteiger partial charge in [0.1, 0.15) is 11.0 Å². The van der Waals surface area contributed by atoms with Crippen LogP contribution >= 0.6 is 0 Å². The first-order valence-electron chi connectivity index (χ1n) is 6.78. The van der Waals surface area contributed by atoms with Gasteiger partial charge >= 0.3 is 0 Å². The molecule has 0 spiro atoms. The maximum absolute atomic E-state index is 12.7. The summed E-state index contributed by atoms with van der Waals surface area (Å²) in [5.41, 5.74) is 2.17. The quantitative estimate of drug-likeness (QED) is 0.804. The van der Waals surface area contributed by atoms with E-state index in [2.05, 4.69) is 0 Å². The van der Waals surface area contributed by atoms with Gasteiger partial charge in [0.25, 0.3) is 0 Å². The molecule has 0 amide bonds. The van der Waals surface area contributed by atoms with Gasteiger partial charge in [0.15, 0.2) is 15.6 Å². The van der Waals surface area contributed by atoms with E-state index in [1.54, 1.807) is 6.07 Å². The van der Waals surface area contributed by atoms with Crippen LogP contribution in [0.4, 0.5) is 0 Å². The van der Waals surface area contributed by atoms with Crippen molar-refractivity contribution in [1.82, 2.24) is 0 Å². The molecule has 0 aliphatic carbocycles. The van der Waals surface area contributed by atoms with Crippen molar-refractivity contribution in [3.05, 3.63) is 28.8 Å². The second-order valence-corrected chi connectivity index (χ2v) is 7.68. The molecule has 1 aliphatic rings. The fraction of sp³-hybridized carbons (Fsp3) is 0.533. The number of aryl methyl sites for hydroxylation is 2. The zero-order chi connectivity index (χ0) is 14.9. The van der Waals surface area contributed by atoms with E-state index >= 15 is 0 Å². The van der Waals surface area contributed by atoms with E-state index < -0.39 is 15.1 Å². The molecule has 0 N–H and O–H groups in total. The number of benzene rings is 1. The standard InChI is InChI=1S/C15H20O4S/c1-10-8-11(2)14(12(9-10)19-3)15(16)13-6-4-5-7-20(13,17)18/h8-9,13H,4-7H2,1-3H3. The summed E-state index contributed by atoms with van der Waals surface area (Å²) >= 11 is 0. The monoisotopic (exact) mass is 296 g/mol. The number of hydrogen-bond acceptors (Lipinski definition) is 4. The second kappa shape index (κ2) is 5.56. The van der Waals surface area contributed by atoms with Crippen molar-refractivity contribution in [2.45, 2.75) is 38.4 Å². The smallest absolute Gasteiger partial charge is 0.184 e. The van der Waals surface area contributed by atoms with Gasteiger partial charge in [-0.2, -0.15) is 0 Å². The van der Waals surface area contributed by atoms with Gasteiger partial charge < -0.3 is 4.74 Å². The predicted octanol–water partition coefficient (Wildman–Crippen LogP) is 2.46. The lowest BCUT2D eigenvalue weighted by molar-refractivity contribution is 0.0978. The van der Waals surface area contributed by atoms with Gasteiger partial charge in [0.2, 0.25) is 0 Å². The molecule has 5 heteroatoms. The van der Waals surface area contributed by atoms with Crippen LogP contribution in [0, 0.1) is 13.8 Å². The number of hydrogen-bond donors (Lipinski definition) is 0. The molecule has 0 saturated carbocycles. The van der Waals surface area contributed by atoms with Crippen LogP contribution in [0.2, 0.25) is 0 Å². The SMILES string of the molecule is COc1cc(C)cc(C)c1C(=O)C1CCCCS1(=O)=O. The first kappa shape index (κ1) is 15.0. The first-order chi connectivity index (χ1) is 9.36. The fourth-order valence-electron chi connectivity index (χ4n) is 2.82. The second-order valence-electron chi connectivity index (χ2n) is 5.37. The molecule has 1 unspecified atom stereocenters. The van der Waals surface area contributed by atoms with Crippen LogP contribution in [0.15, 0.2) is 12.1 Å². The Morgan fingerprint density at radius 2 is 1.95 bits per heavy atom. The normalized spacial score (nSPS) is 21.4. The highest BCUT2D eigenvalue weighted by molar-refractivity contribution is 7.92. The minimum atomic E-state index is -3.33. The number of ether oxygens (including phenoxy) is 1. The van der Waals surface area contributed by atoms with Gasteiger partial charge in [0.05, 0.1) is 18.4 Å². The Labute approximate surface area is 120 Å². The number of carbonyl (C=O) groups excluding carboxylic acids is 1. The van der Waals surface area contributed by atoms with E-state index in [9.17, 15) is 13.2 Å². The molecule has 0 aromatic heterocycles. The van der Waals surface area contributed by atoms with E-state index in [1.807, 2.05) is 19.9 Å². The number of sulfone groups is 1. The van der Waals surface area contributed by atoms with Crippen molar-refractivity contribution in [3.8, 4) is 5.75 Å². The Bertz CT molecular complexity index is 632. The Hall–Kier alpha value is -1.36. The lowest BCUT2D eigenvalue weighted by atomic mass is 9.97. The van der Waals surface area contributed by atoms with Crippen molar-refractivity contribution in [2.24, 2.45) is 0 Å². The lowest BCUT2D eigenvalue weighted by Gasteiger charge is -2.23. The Morgan fingerprint density at radius 3 is 2.55 bits per heavy atom. The molecule has 110 valence electrons. The minimum Gasteiger partial charge on any atom is -0.496 e. The highest BCUT2D eigenvalue weighted by Gasteiger charge is 2.37. The molecule has 4 nitrogen and oxygen atoms in total. The molecule has 1 fully saturated rings. The number of Topliss-reactive ketones (excluding diaryl/α,β-unsaturated/α-hetero) is 1. The lowest BCUT2D eigenvalue weighted by Crippen LogP contribution is -2.36. The van der Waals surface area contributed by atoms with Gasteiger partial charge in [-0.3, -0.25) is 4.79 Å². The molecule has 20 heavy (non-hydrogen) atoms. The van der Waals surface area contributed by atoms with Crippen molar-refractivity contribution < 1.29 is 17.9 Å². The van der Waals surface area contributed by atoms with Crippen LogP contribution in [0.25, 0.3) is 0 Å². The zero-order valence-corrected chi connectivity index (χ0v) is 12.9. The van der Waals surface area contributed by atoms with Gasteiger partial charge in [-0.25, -0.2) is 8.42 Å². The van der Waals surface area contributed by atoms with E-state index in [0.717, 1.165) is 17.5 Å². The van der Waals surface area contributed by atoms with Crippen LogP contribution < -0.4 is 4.74 Å². The summed E-state index contributed by atoms with van der Waals surface area (Å²) in [5, 5.41) is -0.911. The third kappa shape index (κ3) is 2.73. The minimum absolute atomic E-state index is 0.108. The van der Waals surface area contributed by atoms with Gasteiger partial charge in [-0.15, -0.1) is 0 Å². The third-order valence-electron chi connectivity index (χ3n) is 3.78. The number of rotatable bonds is 3. The molecular weight excluding hydrogens is 276 g/mol. The van der Waals surface area contributed by atoms with Crippen LogP contribution in [-0.4, -0.2) is 32.3 Å². The third-order valence-corrected chi connectivity index (χ3v) is 5.96. The summed E-state index contributed by atoms with van der Waals surface area (Å²) in [6, 6.07) is 3.65. The van der Waals surface area contributed by atoms with Crippen molar-refractivity contribution in [3.63, 3.8) is 0 Å². The highest BCUT2D eigenvalue weighted by atomic mass is 32.2. The van der Waals surface area contributed by atoms with E-state index in [0.29, 0.717) is 24.2 Å². The van der Waals surface area contributed by atoms with Crippen LogP contribution in [-0.2, 0) is 9.84 Å². The van der Waals surface area contributed by atoms with Crippen molar-refractivity contribution in [2.75, 3.05) is 12.9 Å². The summed E-state index contributed by atoms with van der Waals surface area (Å²) in [5.74, 6) is 0.253. The number of ketones is 1. The van der Waals surface area contributed by atoms with Gasteiger partial charge in [-0.05, 0) is 43.9 Å². The van der Waals surface area contributed by atoms with Gasteiger partial charge in [-0.1, -0.05) is 12.5 Å². The van der Waals surface area contributed by atoms with Crippen LogP contribution in [0.3, 0.4) is 0 Å². The van der Waals surface area contributed by atoms with Crippen LogP contribution in [0.1, 0.15) is 40.7 Å². The van der Waals surface area contributed by atoms with Crippen molar-refractivity contribution >= 4 is 15.6 Å². The topological polar surface area (TPSA) is 60.4 Å². The summed E-state index contributed by atoms with van der Waals surface area (Å²) in [6.45, 7) is 3.74. The molecule has 1 aromatic carbocycles. The molecule has 2 rings (SSSR count). The summed E-state index contributed by atoms with van der Waals surface area (Å²) < 4.78 is 29.5. The van der Waals surface area contributed by atoms with E-state index in [-0.39, 0.29) is 11.5 Å². The van der Waals surface area contributed by atoms with E-state index in [1.165, 1.54) is 7.11 Å². The average Bonchev–Trinajstić information content (AvgIpc) is 2.36. The van der Waals surface area contributed by atoms with Crippen LogP contribution in [0.5, 0.6) is 5.75 Å². The molecule has 0 bridgehead atoms. The molecular formula is C15H20O4S.